The number of halogens is 3. The van der Waals surface area contributed by atoms with E-state index in [-0.39, 0.29) is 0 Å². The summed E-state index contributed by atoms with van der Waals surface area (Å²) in [4.78, 5) is 0. The van der Waals surface area contributed by atoms with Crippen LogP contribution in [0, 0.1) is 0 Å². The van der Waals surface area contributed by atoms with E-state index in [1.54, 1.807) is 0 Å². The Morgan fingerprint density at radius 2 is 2.27 bits per heavy atom. The minimum absolute atomic E-state index is 0.949. The van der Waals surface area contributed by atoms with Crippen LogP contribution in [0.1, 0.15) is 6.92 Å². The first-order valence-electron chi connectivity index (χ1n) is 2.84. The van der Waals surface area contributed by atoms with E-state index in [9.17, 15) is 13.3 Å². The maximum atomic E-state index is 12.5. The van der Waals surface area contributed by atoms with E-state index in [2.05, 4.69) is 9.05 Å². The maximum Gasteiger partial charge on any atom is 0.424 e. The minimum Gasteiger partial charge on any atom is -0.290 e. The monoisotopic (exact) mass is 206 g/mol. The standard InChI is InChI=1S/C4H6ClF2O3P/c1-3-4(6,7)2-9-11(5,8)10-3/h3H,2H2,1H3. The largest absolute Gasteiger partial charge is 0.424 e. The van der Waals surface area contributed by atoms with Gasteiger partial charge in [0.25, 0.3) is 5.92 Å². The molecule has 0 amide bonds. The molecular weight excluding hydrogens is 200 g/mol. The highest BCUT2D eigenvalue weighted by Crippen LogP contribution is 2.59. The molecule has 0 aliphatic carbocycles. The molecule has 1 rings (SSSR count). The highest BCUT2D eigenvalue weighted by atomic mass is 35.7. The SMILES string of the molecule is CC1OP(=O)(Cl)OCC1(F)F. The summed E-state index contributed by atoms with van der Waals surface area (Å²) in [6, 6.07) is 0. The molecule has 1 heterocycles. The molecule has 0 aromatic carbocycles. The van der Waals surface area contributed by atoms with E-state index < -0.39 is 25.6 Å². The van der Waals surface area contributed by atoms with Crippen molar-refractivity contribution >= 4 is 18.2 Å². The van der Waals surface area contributed by atoms with Crippen LogP contribution in [-0.2, 0) is 13.6 Å². The topological polar surface area (TPSA) is 35.5 Å². The minimum atomic E-state index is -3.73. The molecule has 0 aromatic rings. The summed E-state index contributed by atoms with van der Waals surface area (Å²) in [7, 11) is 0. The predicted molar refractivity (Wildman–Crippen MR) is 34.9 cm³/mol. The van der Waals surface area contributed by atoms with Crippen molar-refractivity contribution in [1.29, 1.82) is 0 Å². The Labute approximate surface area is 66.9 Å². The fourth-order valence-electron chi connectivity index (χ4n) is 0.577. The summed E-state index contributed by atoms with van der Waals surface area (Å²) in [5.41, 5.74) is 0. The quantitative estimate of drug-likeness (QED) is 0.571. The van der Waals surface area contributed by atoms with Gasteiger partial charge in [0, 0.05) is 11.2 Å². The van der Waals surface area contributed by atoms with Gasteiger partial charge in [-0.15, -0.1) is 0 Å². The van der Waals surface area contributed by atoms with Gasteiger partial charge in [-0.2, -0.15) is 0 Å². The lowest BCUT2D eigenvalue weighted by molar-refractivity contribution is -0.140. The van der Waals surface area contributed by atoms with Crippen LogP contribution in [0.5, 0.6) is 0 Å². The Bertz CT molecular complexity index is 210. The van der Waals surface area contributed by atoms with E-state index in [4.69, 9.17) is 11.2 Å². The van der Waals surface area contributed by atoms with E-state index in [1.807, 2.05) is 0 Å². The summed E-state index contributed by atoms with van der Waals surface area (Å²) in [6.07, 6.45) is -1.46. The van der Waals surface area contributed by atoms with Crippen molar-refractivity contribution in [3.8, 4) is 0 Å². The number of rotatable bonds is 0. The van der Waals surface area contributed by atoms with Crippen molar-refractivity contribution in [1.82, 2.24) is 0 Å². The summed E-state index contributed by atoms with van der Waals surface area (Å²) in [6.45, 7) is -3.59. The van der Waals surface area contributed by atoms with Crippen LogP contribution in [0.15, 0.2) is 0 Å². The number of alkyl halides is 2. The molecule has 7 heteroatoms. The van der Waals surface area contributed by atoms with Crippen molar-refractivity contribution in [3.63, 3.8) is 0 Å². The zero-order chi connectivity index (χ0) is 8.70. The zero-order valence-electron chi connectivity index (χ0n) is 5.59. The molecular formula is C4H6ClF2O3P. The Morgan fingerprint density at radius 3 is 2.64 bits per heavy atom. The summed E-state index contributed by atoms with van der Waals surface area (Å²) < 4.78 is 44.1. The van der Waals surface area contributed by atoms with Crippen molar-refractivity contribution < 1.29 is 22.4 Å². The fraction of sp³-hybridized carbons (Fsp3) is 1.00. The van der Waals surface area contributed by atoms with E-state index >= 15 is 0 Å². The van der Waals surface area contributed by atoms with Crippen LogP contribution in [0.4, 0.5) is 8.78 Å². The van der Waals surface area contributed by atoms with E-state index in [0.29, 0.717) is 0 Å². The van der Waals surface area contributed by atoms with Crippen molar-refractivity contribution in [2.75, 3.05) is 6.61 Å². The van der Waals surface area contributed by atoms with Gasteiger partial charge >= 0.3 is 6.95 Å². The van der Waals surface area contributed by atoms with Crippen molar-refractivity contribution in [2.24, 2.45) is 0 Å². The van der Waals surface area contributed by atoms with E-state index in [0.717, 1.165) is 6.92 Å². The van der Waals surface area contributed by atoms with Crippen molar-refractivity contribution in [2.45, 2.75) is 19.0 Å². The molecule has 1 fully saturated rings. The Hall–Kier alpha value is 0.300. The van der Waals surface area contributed by atoms with Crippen LogP contribution in [-0.4, -0.2) is 18.6 Å². The number of hydrogen-bond acceptors (Lipinski definition) is 3. The zero-order valence-corrected chi connectivity index (χ0v) is 7.24. The summed E-state index contributed by atoms with van der Waals surface area (Å²) in [5, 5.41) is 0. The van der Waals surface area contributed by atoms with Crippen LogP contribution in [0.2, 0.25) is 0 Å². The van der Waals surface area contributed by atoms with Gasteiger partial charge in [-0.05, 0) is 6.92 Å². The van der Waals surface area contributed by atoms with Gasteiger partial charge in [-0.3, -0.25) is 9.05 Å². The molecule has 66 valence electrons. The van der Waals surface area contributed by atoms with Crippen LogP contribution < -0.4 is 0 Å². The van der Waals surface area contributed by atoms with Gasteiger partial charge < -0.3 is 0 Å². The first kappa shape index (κ1) is 9.39. The summed E-state index contributed by atoms with van der Waals surface area (Å²) >= 11 is 5.07. The fourth-order valence-corrected chi connectivity index (χ4v) is 2.00. The second-order valence-electron chi connectivity index (χ2n) is 2.21. The molecule has 0 spiro atoms. The predicted octanol–water partition coefficient (Wildman–Crippen LogP) is 2.40. The Balaban J connectivity index is 2.70. The lowest BCUT2D eigenvalue weighted by atomic mass is 10.2. The third-order valence-electron chi connectivity index (χ3n) is 1.29. The molecule has 11 heavy (non-hydrogen) atoms. The molecule has 1 aliphatic rings. The van der Waals surface area contributed by atoms with E-state index in [1.165, 1.54) is 0 Å². The smallest absolute Gasteiger partial charge is 0.290 e. The molecule has 0 aromatic heterocycles. The van der Waals surface area contributed by atoms with Gasteiger partial charge in [-0.1, -0.05) is 0 Å². The highest BCUT2D eigenvalue weighted by molar-refractivity contribution is 7.81. The second-order valence-corrected chi connectivity index (χ2v) is 4.79. The molecule has 3 nitrogen and oxygen atoms in total. The van der Waals surface area contributed by atoms with Crippen molar-refractivity contribution in [3.05, 3.63) is 0 Å². The van der Waals surface area contributed by atoms with Crippen LogP contribution in [0.25, 0.3) is 0 Å². The van der Waals surface area contributed by atoms with Gasteiger partial charge in [0.15, 0.2) is 0 Å². The maximum absolute atomic E-state index is 12.5. The molecule has 0 N–H and O–H groups in total. The first-order valence-corrected chi connectivity index (χ1v) is 5.29. The molecule has 0 radical (unpaired) electrons. The second kappa shape index (κ2) is 2.66. The number of hydrogen-bond donors (Lipinski definition) is 0. The molecule has 0 saturated carbocycles. The van der Waals surface area contributed by atoms with Gasteiger partial charge in [0.1, 0.15) is 12.7 Å². The summed E-state index contributed by atoms with van der Waals surface area (Å²) in [5.74, 6) is -3.11. The average molecular weight is 207 g/mol. The lowest BCUT2D eigenvalue weighted by Crippen LogP contribution is -2.40. The average Bonchev–Trinajstić information content (AvgIpc) is 1.81. The van der Waals surface area contributed by atoms with Crippen LogP contribution >= 0.6 is 18.2 Å². The first-order chi connectivity index (χ1) is 4.83. The van der Waals surface area contributed by atoms with Gasteiger partial charge in [0.2, 0.25) is 0 Å². The van der Waals surface area contributed by atoms with Gasteiger partial charge in [-0.25, -0.2) is 13.3 Å². The van der Waals surface area contributed by atoms with Crippen LogP contribution in [0.3, 0.4) is 0 Å². The highest BCUT2D eigenvalue weighted by Gasteiger charge is 2.48. The normalized spacial score (nSPS) is 43.8. The molecule has 2 unspecified atom stereocenters. The molecule has 0 bridgehead atoms. The Kier molecular flexibility index (Phi) is 2.27. The molecule has 1 aliphatic heterocycles. The third kappa shape index (κ3) is 2.12. The Morgan fingerprint density at radius 1 is 1.73 bits per heavy atom. The molecule has 2 atom stereocenters. The lowest BCUT2D eigenvalue weighted by Gasteiger charge is -2.30. The molecule has 1 saturated heterocycles. The third-order valence-corrected chi connectivity index (χ3v) is 2.83. The van der Waals surface area contributed by atoms with Gasteiger partial charge in [0.05, 0.1) is 0 Å².